The predicted molar refractivity (Wildman–Crippen MR) is 113 cm³/mol. The summed E-state index contributed by atoms with van der Waals surface area (Å²) in [6, 6.07) is 21.7. The summed E-state index contributed by atoms with van der Waals surface area (Å²) in [6.07, 6.45) is 0. The molecule has 2 amide bonds. The third-order valence-electron chi connectivity index (χ3n) is 5.25. The second-order valence-corrected chi connectivity index (χ2v) is 7.40. The molecule has 0 saturated carbocycles. The van der Waals surface area contributed by atoms with E-state index in [1.165, 1.54) is 4.90 Å². The van der Waals surface area contributed by atoms with Gasteiger partial charge in [0, 0.05) is 11.3 Å². The van der Waals surface area contributed by atoms with Gasteiger partial charge in [0.05, 0.1) is 5.69 Å². The van der Waals surface area contributed by atoms with Crippen molar-refractivity contribution in [1.29, 1.82) is 0 Å². The van der Waals surface area contributed by atoms with E-state index in [4.69, 9.17) is 0 Å². The van der Waals surface area contributed by atoms with E-state index in [9.17, 15) is 14.7 Å². The number of nitrogens with one attached hydrogen (secondary N) is 1. The smallest absolute Gasteiger partial charge is 0.268 e. The minimum absolute atomic E-state index is 0.183. The van der Waals surface area contributed by atoms with Crippen LogP contribution in [0.2, 0.25) is 0 Å². The first-order chi connectivity index (χ1) is 13.9. The van der Waals surface area contributed by atoms with E-state index in [0.717, 1.165) is 11.1 Å². The number of para-hydroxylation sites is 1. The van der Waals surface area contributed by atoms with Crippen molar-refractivity contribution in [2.75, 3.05) is 16.8 Å². The molecule has 0 aromatic heterocycles. The van der Waals surface area contributed by atoms with Crippen LogP contribution in [-0.2, 0) is 15.2 Å². The molecule has 29 heavy (non-hydrogen) atoms. The minimum atomic E-state index is -1.81. The average Bonchev–Trinajstić information content (AvgIpc) is 2.93. The van der Waals surface area contributed by atoms with Crippen molar-refractivity contribution < 1.29 is 14.7 Å². The quantitative estimate of drug-likeness (QED) is 0.721. The molecule has 0 radical (unpaired) electrons. The molecule has 0 spiro atoms. The maximum absolute atomic E-state index is 13.3. The summed E-state index contributed by atoms with van der Waals surface area (Å²) in [6.45, 7) is 3.73. The fourth-order valence-corrected chi connectivity index (χ4v) is 3.65. The zero-order valence-corrected chi connectivity index (χ0v) is 16.3. The molecule has 3 aromatic rings. The third-order valence-corrected chi connectivity index (χ3v) is 5.25. The van der Waals surface area contributed by atoms with E-state index in [1.54, 1.807) is 36.4 Å². The number of amides is 2. The van der Waals surface area contributed by atoms with Gasteiger partial charge in [-0.1, -0.05) is 65.7 Å². The Balaban J connectivity index is 1.64. The normalized spacial score (nSPS) is 17.9. The van der Waals surface area contributed by atoms with E-state index in [0.29, 0.717) is 22.5 Å². The molecule has 0 unspecified atom stereocenters. The number of benzene rings is 3. The summed E-state index contributed by atoms with van der Waals surface area (Å²) in [5.41, 5.74) is 2.49. The number of carbonyl (C=O) groups is 2. The SMILES string of the molecule is Cc1ccc(NC(=O)CN2C(=O)[C@@](O)(c3ccc(C)cc3)c3ccccc32)cc1. The number of hydrogen-bond donors (Lipinski definition) is 2. The van der Waals surface area contributed by atoms with Crippen LogP contribution in [0.1, 0.15) is 22.3 Å². The lowest BCUT2D eigenvalue weighted by Crippen LogP contribution is -2.44. The lowest BCUT2D eigenvalue weighted by atomic mass is 9.87. The monoisotopic (exact) mass is 386 g/mol. The molecule has 0 saturated heterocycles. The Bertz CT molecular complexity index is 1070. The van der Waals surface area contributed by atoms with Crippen molar-refractivity contribution in [1.82, 2.24) is 0 Å². The number of fused-ring (bicyclic) bond motifs is 1. The summed E-state index contributed by atoms with van der Waals surface area (Å²) in [5, 5.41) is 14.3. The highest BCUT2D eigenvalue weighted by atomic mass is 16.3. The summed E-state index contributed by atoms with van der Waals surface area (Å²) < 4.78 is 0. The van der Waals surface area contributed by atoms with Crippen LogP contribution in [0.5, 0.6) is 0 Å². The van der Waals surface area contributed by atoms with Gasteiger partial charge in [0.2, 0.25) is 5.91 Å². The number of aliphatic hydroxyl groups is 1. The van der Waals surface area contributed by atoms with E-state index >= 15 is 0 Å². The van der Waals surface area contributed by atoms with Gasteiger partial charge in [0.15, 0.2) is 5.60 Å². The summed E-state index contributed by atoms with van der Waals surface area (Å²) in [7, 11) is 0. The Morgan fingerprint density at radius 3 is 2.17 bits per heavy atom. The number of rotatable bonds is 4. The predicted octanol–water partition coefficient (Wildman–Crippen LogP) is 3.52. The van der Waals surface area contributed by atoms with Crippen molar-refractivity contribution in [3.8, 4) is 0 Å². The largest absolute Gasteiger partial charge is 0.372 e. The zero-order valence-electron chi connectivity index (χ0n) is 16.3. The molecule has 4 rings (SSSR count). The van der Waals surface area contributed by atoms with Gasteiger partial charge in [-0.3, -0.25) is 14.5 Å². The van der Waals surface area contributed by atoms with Gasteiger partial charge in [-0.2, -0.15) is 0 Å². The van der Waals surface area contributed by atoms with Crippen LogP contribution in [0.4, 0.5) is 11.4 Å². The zero-order chi connectivity index (χ0) is 20.6. The molecule has 5 heteroatoms. The first kappa shape index (κ1) is 18.9. The molecule has 3 aromatic carbocycles. The van der Waals surface area contributed by atoms with Crippen LogP contribution in [0.3, 0.4) is 0 Å². The molecule has 146 valence electrons. The van der Waals surface area contributed by atoms with Gasteiger partial charge in [0.1, 0.15) is 6.54 Å². The molecule has 1 aliphatic heterocycles. The Kier molecular flexibility index (Phi) is 4.68. The molecular formula is C24H22N2O3. The molecule has 0 fully saturated rings. The molecule has 1 heterocycles. The van der Waals surface area contributed by atoms with Crippen LogP contribution in [0, 0.1) is 13.8 Å². The Hall–Kier alpha value is -3.44. The van der Waals surface area contributed by atoms with Crippen LogP contribution in [0.15, 0.2) is 72.8 Å². The van der Waals surface area contributed by atoms with Gasteiger partial charge in [-0.15, -0.1) is 0 Å². The maximum atomic E-state index is 13.3. The fraction of sp³-hybridized carbons (Fsp3) is 0.167. The fourth-order valence-electron chi connectivity index (χ4n) is 3.65. The molecule has 0 bridgehead atoms. The van der Waals surface area contributed by atoms with Crippen molar-refractivity contribution >= 4 is 23.2 Å². The Morgan fingerprint density at radius 2 is 1.52 bits per heavy atom. The van der Waals surface area contributed by atoms with Crippen LogP contribution >= 0.6 is 0 Å². The van der Waals surface area contributed by atoms with Gasteiger partial charge < -0.3 is 10.4 Å². The standard InChI is InChI=1S/C24H22N2O3/c1-16-7-11-18(12-8-16)24(29)20-5-3-4-6-21(20)26(23(24)28)15-22(27)25-19-13-9-17(2)10-14-19/h3-14,29H,15H2,1-2H3,(H,25,27)/t24-/m1/s1. The van der Waals surface area contributed by atoms with Crippen LogP contribution in [-0.4, -0.2) is 23.5 Å². The number of aryl methyl sites for hydroxylation is 2. The molecule has 5 nitrogen and oxygen atoms in total. The molecule has 1 atom stereocenters. The Labute approximate surface area is 169 Å². The van der Waals surface area contributed by atoms with Gasteiger partial charge in [-0.05, 0) is 37.6 Å². The first-order valence-corrected chi connectivity index (χ1v) is 9.47. The maximum Gasteiger partial charge on any atom is 0.268 e. The van der Waals surface area contributed by atoms with Crippen molar-refractivity contribution in [3.63, 3.8) is 0 Å². The number of nitrogens with zero attached hydrogens (tertiary/aromatic N) is 1. The first-order valence-electron chi connectivity index (χ1n) is 9.47. The number of hydrogen-bond acceptors (Lipinski definition) is 3. The lowest BCUT2D eigenvalue weighted by Gasteiger charge is -2.23. The second-order valence-electron chi connectivity index (χ2n) is 7.40. The number of carbonyl (C=O) groups excluding carboxylic acids is 2. The average molecular weight is 386 g/mol. The van der Waals surface area contributed by atoms with Gasteiger partial charge in [0.25, 0.3) is 5.91 Å². The molecule has 1 aliphatic rings. The van der Waals surface area contributed by atoms with Gasteiger partial charge in [-0.25, -0.2) is 0 Å². The highest BCUT2D eigenvalue weighted by molar-refractivity contribution is 6.12. The van der Waals surface area contributed by atoms with Crippen molar-refractivity contribution in [2.24, 2.45) is 0 Å². The van der Waals surface area contributed by atoms with Gasteiger partial charge >= 0.3 is 0 Å². The second kappa shape index (κ2) is 7.18. The molecular weight excluding hydrogens is 364 g/mol. The summed E-state index contributed by atoms with van der Waals surface area (Å²) in [4.78, 5) is 27.3. The highest BCUT2D eigenvalue weighted by Crippen LogP contribution is 2.44. The van der Waals surface area contributed by atoms with E-state index in [-0.39, 0.29) is 12.5 Å². The van der Waals surface area contributed by atoms with Crippen LogP contribution in [0.25, 0.3) is 0 Å². The Morgan fingerprint density at radius 1 is 0.931 bits per heavy atom. The lowest BCUT2D eigenvalue weighted by molar-refractivity contribution is -0.133. The van der Waals surface area contributed by atoms with E-state index < -0.39 is 11.5 Å². The van der Waals surface area contributed by atoms with Crippen molar-refractivity contribution in [2.45, 2.75) is 19.4 Å². The highest BCUT2D eigenvalue weighted by Gasteiger charge is 2.51. The van der Waals surface area contributed by atoms with Crippen molar-refractivity contribution in [3.05, 3.63) is 95.1 Å². The van der Waals surface area contributed by atoms with E-state index in [2.05, 4.69) is 5.32 Å². The topological polar surface area (TPSA) is 69.6 Å². The molecule has 2 N–H and O–H groups in total. The van der Waals surface area contributed by atoms with E-state index in [1.807, 2.05) is 50.2 Å². The minimum Gasteiger partial charge on any atom is -0.372 e. The molecule has 0 aliphatic carbocycles. The summed E-state index contributed by atoms with van der Waals surface area (Å²) >= 11 is 0. The number of anilines is 2. The summed E-state index contributed by atoms with van der Waals surface area (Å²) in [5.74, 6) is -0.855. The van der Waals surface area contributed by atoms with Crippen LogP contribution < -0.4 is 10.2 Å². The third kappa shape index (κ3) is 3.30.